The quantitative estimate of drug-likeness (QED) is 0.345. The molecule has 3 aromatic rings. The second-order valence-corrected chi connectivity index (χ2v) is 8.90. The first-order chi connectivity index (χ1) is 17.4. The van der Waals surface area contributed by atoms with Crippen LogP contribution in [0.1, 0.15) is 16.3 Å². The Balaban J connectivity index is 0.000000479. The number of fused-ring (bicyclic) bond motifs is 1. The van der Waals surface area contributed by atoms with E-state index in [0.29, 0.717) is 6.61 Å². The van der Waals surface area contributed by atoms with Gasteiger partial charge in [0.1, 0.15) is 18.2 Å². The van der Waals surface area contributed by atoms with Gasteiger partial charge in [-0.25, -0.2) is 14.7 Å². The zero-order valence-corrected chi connectivity index (χ0v) is 20.1. The van der Waals surface area contributed by atoms with E-state index in [4.69, 9.17) is 20.4 Å². The maximum absolute atomic E-state index is 13.0. The molecule has 3 heterocycles. The average molecular weight is 548 g/mol. The zero-order chi connectivity index (χ0) is 27.3. The van der Waals surface area contributed by atoms with E-state index in [-0.39, 0.29) is 30.9 Å². The third-order valence-corrected chi connectivity index (χ3v) is 6.40. The molecule has 0 amide bonds. The molecule has 1 aromatic carbocycles. The molecule has 0 saturated heterocycles. The Labute approximate surface area is 210 Å². The first kappa shape index (κ1) is 27.9. The van der Waals surface area contributed by atoms with Crippen LogP contribution in [0.25, 0.3) is 10.4 Å². The number of thiophene rings is 1. The number of anilines is 1. The molecule has 0 unspecified atom stereocenters. The van der Waals surface area contributed by atoms with Gasteiger partial charge in [0.2, 0.25) is 0 Å². The topological polar surface area (TPSA) is 135 Å². The molecule has 5 N–H and O–H groups in total. The van der Waals surface area contributed by atoms with Gasteiger partial charge in [-0.05, 0) is 42.3 Å². The summed E-state index contributed by atoms with van der Waals surface area (Å²) in [5, 5.41) is 16.7. The van der Waals surface area contributed by atoms with Crippen molar-refractivity contribution in [3.63, 3.8) is 0 Å². The fraction of sp³-hybridized carbons (Fsp3) is 0.318. The van der Waals surface area contributed by atoms with Crippen LogP contribution in [0, 0.1) is 6.92 Å². The second-order valence-electron chi connectivity index (χ2n) is 7.73. The van der Waals surface area contributed by atoms with Gasteiger partial charge in [-0.1, -0.05) is 0 Å². The molecule has 0 spiro atoms. The number of hydrogen-bond donors (Lipinski definition) is 4. The molecule has 200 valence electrons. The number of H-pyrrole nitrogens is 1. The molecule has 0 atom stereocenters. The number of ether oxygens (including phenoxy) is 1. The number of aromatic amines is 1. The van der Waals surface area contributed by atoms with Gasteiger partial charge in [0.05, 0.1) is 12.2 Å². The number of benzene rings is 1. The van der Waals surface area contributed by atoms with Crippen LogP contribution >= 0.6 is 11.3 Å². The summed E-state index contributed by atoms with van der Waals surface area (Å²) in [6, 6.07) is 7.90. The smallest absolute Gasteiger partial charge is 0.490 e. The Morgan fingerprint density at radius 2 is 1.97 bits per heavy atom. The number of aromatic nitrogens is 3. The van der Waals surface area contributed by atoms with Gasteiger partial charge in [0.15, 0.2) is 0 Å². The summed E-state index contributed by atoms with van der Waals surface area (Å²) in [6.07, 6.45) is -7.09. The minimum absolute atomic E-state index is 0.175. The minimum atomic E-state index is -5.08. The molecule has 1 aliphatic rings. The van der Waals surface area contributed by atoms with Crippen LogP contribution in [0.5, 0.6) is 5.75 Å². The van der Waals surface area contributed by atoms with Crippen molar-refractivity contribution in [3.05, 3.63) is 62.7 Å². The summed E-state index contributed by atoms with van der Waals surface area (Å²) in [5.41, 5.74) is 7.88. The number of nitrogens with two attached hydrogens (primary N) is 1. The van der Waals surface area contributed by atoms with Crippen molar-refractivity contribution in [2.45, 2.75) is 26.1 Å². The lowest BCUT2D eigenvalue weighted by Crippen LogP contribution is -2.21. The molecule has 2 aromatic heterocycles. The van der Waals surface area contributed by atoms with E-state index in [1.807, 2.05) is 31.2 Å². The van der Waals surface area contributed by atoms with Crippen molar-refractivity contribution in [1.82, 2.24) is 14.8 Å². The third-order valence-electron chi connectivity index (χ3n) is 5.29. The van der Waals surface area contributed by atoms with Crippen LogP contribution in [0.3, 0.4) is 0 Å². The first-order valence-corrected chi connectivity index (χ1v) is 11.5. The maximum atomic E-state index is 13.0. The Hall–Kier alpha value is -3.72. The number of carboxylic acids is 1. The van der Waals surface area contributed by atoms with Gasteiger partial charge in [0.25, 0.3) is 6.08 Å². The van der Waals surface area contributed by atoms with Gasteiger partial charge < -0.3 is 20.9 Å². The number of aliphatic carboxylic acids is 1. The van der Waals surface area contributed by atoms with Crippen LogP contribution in [-0.4, -0.2) is 51.7 Å². The van der Waals surface area contributed by atoms with Crippen molar-refractivity contribution in [2.75, 3.05) is 25.0 Å². The highest BCUT2D eigenvalue weighted by molar-refractivity contribution is 7.15. The molecule has 0 saturated carbocycles. The van der Waals surface area contributed by atoms with E-state index < -0.39 is 23.9 Å². The summed E-state index contributed by atoms with van der Waals surface area (Å²) < 4.78 is 64.7. The molecule has 0 aliphatic carbocycles. The summed E-state index contributed by atoms with van der Waals surface area (Å²) >= 11 is 1.54. The number of nitrogens with one attached hydrogen (secondary N) is 2. The van der Waals surface area contributed by atoms with Crippen molar-refractivity contribution in [2.24, 2.45) is 5.73 Å². The van der Waals surface area contributed by atoms with E-state index >= 15 is 0 Å². The lowest BCUT2D eigenvalue weighted by Gasteiger charge is -2.22. The Bertz CT molecular complexity index is 1360. The average Bonchev–Trinajstić information content (AvgIpc) is 3.44. The van der Waals surface area contributed by atoms with E-state index in [2.05, 4.69) is 15.5 Å². The highest BCUT2D eigenvalue weighted by atomic mass is 32.1. The molecule has 9 nitrogen and oxygen atoms in total. The van der Waals surface area contributed by atoms with Gasteiger partial charge in [0, 0.05) is 34.8 Å². The number of carboxylic acid groups (broad SMARTS) is 1. The van der Waals surface area contributed by atoms with E-state index in [9.17, 15) is 26.7 Å². The van der Waals surface area contributed by atoms with Gasteiger partial charge in [-0.15, -0.1) is 11.3 Å². The van der Waals surface area contributed by atoms with Crippen LogP contribution in [0.15, 0.2) is 40.7 Å². The van der Waals surface area contributed by atoms with Gasteiger partial charge in [-0.2, -0.15) is 27.1 Å². The summed E-state index contributed by atoms with van der Waals surface area (Å²) in [7, 11) is 0. The van der Waals surface area contributed by atoms with Gasteiger partial charge >= 0.3 is 17.8 Å². The normalized spacial score (nSPS) is 12.5. The highest BCUT2D eigenvalue weighted by Gasteiger charge is 2.38. The van der Waals surface area contributed by atoms with E-state index in [1.165, 1.54) is 4.57 Å². The lowest BCUT2D eigenvalue weighted by atomic mass is 10.0. The minimum Gasteiger partial charge on any atom is -0.490 e. The third kappa shape index (κ3) is 6.74. The molecular formula is C22H22F5N5O4S. The summed E-state index contributed by atoms with van der Waals surface area (Å²) in [6.45, 7) is 3.40. The van der Waals surface area contributed by atoms with Crippen molar-refractivity contribution < 1.29 is 36.6 Å². The Morgan fingerprint density at radius 1 is 1.27 bits per heavy atom. The SMILES string of the molecule is Cc1c(-c2ccc(Cn3c(CC(CN)=C(F)F)n[nH]c3=O)s2)ccc2c1NCCO2.O=C(O)C(F)(F)F. The zero-order valence-electron chi connectivity index (χ0n) is 19.3. The predicted octanol–water partition coefficient (Wildman–Crippen LogP) is 3.75. The fourth-order valence-electron chi connectivity index (χ4n) is 3.45. The molecule has 15 heteroatoms. The van der Waals surface area contributed by atoms with Crippen molar-refractivity contribution >= 4 is 23.0 Å². The number of halogens is 5. The molecule has 0 fully saturated rings. The standard InChI is InChI=1S/C20H21F2N5O2S.C2HF3O2/c1-11-14(3-4-15-18(11)24-6-7-29-15)16-5-2-13(30-16)10-27-17(25-26-20(27)28)8-12(9-23)19(21)22;3-2(4,5)1(6)7/h2-5,24H,6-10,23H2,1H3,(H,26,28);(H,6,7). The molecule has 37 heavy (non-hydrogen) atoms. The van der Waals surface area contributed by atoms with Crippen molar-refractivity contribution in [3.8, 4) is 16.2 Å². The first-order valence-electron chi connectivity index (χ1n) is 10.7. The van der Waals surface area contributed by atoms with Crippen LogP contribution in [0.4, 0.5) is 27.6 Å². The van der Waals surface area contributed by atoms with Crippen LogP contribution < -0.4 is 21.5 Å². The fourth-order valence-corrected chi connectivity index (χ4v) is 4.53. The number of hydrogen-bond acceptors (Lipinski definition) is 7. The molecule has 4 rings (SSSR count). The molecular weight excluding hydrogens is 525 g/mol. The highest BCUT2D eigenvalue weighted by Crippen LogP contribution is 2.39. The number of carbonyl (C=O) groups is 1. The van der Waals surface area contributed by atoms with Gasteiger partial charge in [-0.3, -0.25) is 4.57 Å². The monoisotopic (exact) mass is 547 g/mol. The largest absolute Gasteiger partial charge is 0.490 e. The Morgan fingerprint density at radius 3 is 2.59 bits per heavy atom. The van der Waals surface area contributed by atoms with Crippen molar-refractivity contribution in [1.29, 1.82) is 0 Å². The predicted molar refractivity (Wildman–Crippen MR) is 126 cm³/mol. The van der Waals surface area contributed by atoms with E-state index in [1.54, 1.807) is 11.3 Å². The second kappa shape index (κ2) is 11.6. The van der Waals surface area contributed by atoms with Crippen LogP contribution in [0.2, 0.25) is 0 Å². The Kier molecular flexibility index (Phi) is 8.70. The summed E-state index contributed by atoms with van der Waals surface area (Å²) in [5.74, 6) is -1.68. The number of alkyl halides is 3. The van der Waals surface area contributed by atoms with E-state index in [0.717, 1.165) is 38.9 Å². The molecule has 1 aliphatic heterocycles. The number of nitrogens with zero attached hydrogens (tertiary/aromatic N) is 2. The number of rotatable bonds is 6. The van der Waals surface area contributed by atoms with Crippen LogP contribution in [-0.2, 0) is 17.8 Å². The maximum Gasteiger partial charge on any atom is 0.490 e. The summed E-state index contributed by atoms with van der Waals surface area (Å²) in [4.78, 5) is 23.0. The molecule has 0 radical (unpaired) electrons. The lowest BCUT2D eigenvalue weighted by molar-refractivity contribution is -0.192. The molecule has 0 bridgehead atoms.